The lowest BCUT2D eigenvalue weighted by Gasteiger charge is -2.27. The maximum atomic E-state index is 9.59. The molecule has 1 aliphatic heterocycles. The van der Waals surface area contributed by atoms with Gasteiger partial charge in [0.2, 0.25) is 0 Å². The van der Waals surface area contributed by atoms with Crippen molar-refractivity contribution in [2.24, 2.45) is 0 Å². The van der Waals surface area contributed by atoms with Gasteiger partial charge in [-0.1, -0.05) is 30.7 Å². The largest absolute Gasteiger partial charge is 0.393 e. The Kier molecular flexibility index (Phi) is 4.74. The topological polar surface area (TPSA) is 23.5 Å². The molecule has 0 atom stereocenters. The number of hydrogen-bond donors (Lipinski definition) is 1. The maximum Gasteiger partial charge on any atom is 0.0540 e. The molecule has 1 aliphatic carbocycles. The summed E-state index contributed by atoms with van der Waals surface area (Å²) in [6, 6.07) is 9.27. The summed E-state index contributed by atoms with van der Waals surface area (Å²) < 4.78 is 0. The van der Waals surface area contributed by atoms with Gasteiger partial charge in [0, 0.05) is 6.54 Å². The molecule has 0 unspecified atom stereocenters. The van der Waals surface area contributed by atoms with Crippen LogP contribution < -0.4 is 0 Å². The van der Waals surface area contributed by atoms with E-state index in [0.29, 0.717) is 5.92 Å². The summed E-state index contributed by atoms with van der Waals surface area (Å²) in [5, 5.41) is 9.59. The molecule has 2 nitrogen and oxygen atoms in total. The first-order valence-electron chi connectivity index (χ1n) is 8.30. The van der Waals surface area contributed by atoms with E-state index in [1.807, 2.05) is 0 Å². The third-order valence-corrected chi connectivity index (χ3v) is 5.00. The molecule has 1 heterocycles. The average molecular weight is 273 g/mol. The lowest BCUT2D eigenvalue weighted by atomic mass is 9.82. The van der Waals surface area contributed by atoms with E-state index in [-0.39, 0.29) is 6.10 Å². The fraction of sp³-hybridized carbons (Fsp3) is 0.667. The van der Waals surface area contributed by atoms with Crippen LogP contribution in [0.1, 0.15) is 62.0 Å². The molecule has 1 N–H and O–H groups in total. The molecule has 1 saturated heterocycles. The third kappa shape index (κ3) is 3.62. The van der Waals surface area contributed by atoms with Crippen molar-refractivity contribution < 1.29 is 5.11 Å². The number of likely N-dealkylation sites (tertiary alicyclic amines) is 1. The molecule has 0 amide bonds. The quantitative estimate of drug-likeness (QED) is 0.908. The van der Waals surface area contributed by atoms with Crippen molar-refractivity contribution in [3.63, 3.8) is 0 Å². The van der Waals surface area contributed by atoms with Gasteiger partial charge in [0.05, 0.1) is 6.10 Å². The van der Waals surface area contributed by atoms with Gasteiger partial charge in [0.1, 0.15) is 0 Å². The predicted octanol–water partition coefficient (Wildman–Crippen LogP) is 3.69. The molecule has 20 heavy (non-hydrogen) atoms. The fourth-order valence-corrected chi connectivity index (χ4v) is 3.68. The maximum absolute atomic E-state index is 9.59. The highest BCUT2D eigenvalue weighted by Gasteiger charge is 2.20. The Labute approximate surface area is 122 Å². The van der Waals surface area contributed by atoms with Crippen LogP contribution >= 0.6 is 0 Å². The zero-order valence-electron chi connectivity index (χ0n) is 12.4. The van der Waals surface area contributed by atoms with E-state index in [9.17, 15) is 5.11 Å². The van der Waals surface area contributed by atoms with Crippen LogP contribution in [0.2, 0.25) is 0 Å². The minimum Gasteiger partial charge on any atom is -0.393 e. The Bertz CT molecular complexity index is 400. The van der Waals surface area contributed by atoms with Crippen molar-refractivity contribution in [3.8, 4) is 0 Å². The summed E-state index contributed by atoms with van der Waals surface area (Å²) in [7, 11) is 0. The highest BCUT2D eigenvalue weighted by atomic mass is 16.3. The number of hydrogen-bond acceptors (Lipinski definition) is 2. The van der Waals surface area contributed by atoms with E-state index in [0.717, 1.165) is 32.2 Å². The zero-order valence-corrected chi connectivity index (χ0v) is 12.4. The van der Waals surface area contributed by atoms with Crippen LogP contribution in [0.5, 0.6) is 0 Å². The van der Waals surface area contributed by atoms with Crippen LogP contribution in [0.15, 0.2) is 24.3 Å². The molecule has 0 bridgehead atoms. The second kappa shape index (κ2) is 6.73. The molecule has 0 spiro atoms. The summed E-state index contributed by atoms with van der Waals surface area (Å²) in [5.74, 6) is 0.669. The van der Waals surface area contributed by atoms with Crippen molar-refractivity contribution in [1.82, 2.24) is 4.90 Å². The highest BCUT2D eigenvalue weighted by molar-refractivity contribution is 5.25. The molecular formula is C18H27NO. The Morgan fingerprint density at radius 1 is 0.900 bits per heavy atom. The summed E-state index contributed by atoms with van der Waals surface area (Å²) in [6.45, 7) is 3.65. The van der Waals surface area contributed by atoms with Crippen LogP contribution in [0.25, 0.3) is 0 Å². The minimum absolute atomic E-state index is 0.0513. The normalized spacial score (nSPS) is 28.4. The monoisotopic (exact) mass is 273 g/mol. The van der Waals surface area contributed by atoms with Crippen molar-refractivity contribution >= 4 is 0 Å². The number of benzene rings is 1. The van der Waals surface area contributed by atoms with Gasteiger partial charge in [-0.25, -0.2) is 0 Å². The van der Waals surface area contributed by atoms with Gasteiger partial charge < -0.3 is 5.11 Å². The van der Waals surface area contributed by atoms with E-state index in [1.54, 1.807) is 0 Å². The smallest absolute Gasteiger partial charge is 0.0540 e. The first kappa shape index (κ1) is 14.1. The number of nitrogens with zero attached hydrogens (tertiary/aromatic N) is 1. The lowest BCUT2D eigenvalue weighted by molar-refractivity contribution is 0.122. The average Bonchev–Trinajstić information content (AvgIpc) is 2.50. The van der Waals surface area contributed by atoms with Crippen LogP contribution in [-0.4, -0.2) is 29.2 Å². The number of rotatable bonds is 3. The number of aliphatic hydroxyl groups is 1. The van der Waals surface area contributed by atoms with Crippen molar-refractivity contribution in [1.29, 1.82) is 0 Å². The first-order chi connectivity index (χ1) is 9.81. The summed E-state index contributed by atoms with van der Waals surface area (Å²) in [6.07, 6.45) is 8.32. The van der Waals surface area contributed by atoms with Gasteiger partial charge in [0.15, 0.2) is 0 Å². The van der Waals surface area contributed by atoms with Crippen LogP contribution in [0.3, 0.4) is 0 Å². The summed E-state index contributed by atoms with van der Waals surface area (Å²) >= 11 is 0. The van der Waals surface area contributed by atoms with E-state index >= 15 is 0 Å². The van der Waals surface area contributed by atoms with Crippen LogP contribution in [-0.2, 0) is 6.54 Å². The van der Waals surface area contributed by atoms with Gasteiger partial charge in [-0.15, -0.1) is 0 Å². The first-order valence-corrected chi connectivity index (χ1v) is 8.30. The molecule has 2 heteroatoms. The van der Waals surface area contributed by atoms with E-state index < -0.39 is 0 Å². The third-order valence-electron chi connectivity index (χ3n) is 5.00. The molecule has 1 aromatic carbocycles. The van der Waals surface area contributed by atoms with Gasteiger partial charge >= 0.3 is 0 Å². The van der Waals surface area contributed by atoms with Gasteiger partial charge in [-0.2, -0.15) is 0 Å². The summed E-state index contributed by atoms with van der Waals surface area (Å²) in [5.41, 5.74) is 2.92. The van der Waals surface area contributed by atoms with Gasteiger partial charge in [-0.05, 0) is 68.7 Å². The second-order valence-electron chi connectivity index (χ2n) is 6.58. The van der Waals surface area contributed by atoms with Gasteiger partial charge in [0.25, 0.3) is 0 Å². The van der Waals surface area contributed by atoms with Crippen molar-refractivity contribution in [2.75, 3.05) is 13.1 Å². The fourth-order valence-electron chi connectivity index (χ4n) is 3.68. The van der Waals surface area contributed by atoms with Crippen LogP contribution in [0, 0.1) is 0 Å². The van der Waals surface area contributed by atoms with Crippen molar-refractivity contribution in [3.05, 3.63) is 35.4 Å². The highest BCUT2D eigenvalue weighted by Crippen LogP contribution is 2.32. The Hall–Kier alpha value is -0.860. The van der Waals surface area contributed by atoms with E-state index in [1.165, 1.54) is 43.5 Å². The number of piperidine rings is 1. The van der Waals surface area contributed by atoms with Gasteiger partial charge in [-0.3, -0.25) is 4.90 Å². The molecule has 3 rings (SSSR count). The van der Waals surface area contributed by atoms with Crippen molar-refractivity contribution in [2.45, 2.75) is 63.5 Å². The molecule has 0 aromatic heterocycles. The Morgan fingerprint density at radius 3 is 2.20 bits per heavy atom. The molecular weight excluding hydrogens is 246 g/mol. The standard InChI is InChI=1S/C18H27NO/c20-18-10-8-17(9-11-18)16-6-4-15(5-7-16)14-19-12-2-1-3-13-19/h4-7,17-18,20H,1-3,8-14H2. The number of aliphatic hydroxyl groups excluding tert-OH is 1. The summed E-state index contributed by atoms with van der Waals surface area (Å²) in [4.78, 5) is 2.58. The van der Waals surface area contributed by atoms with E-state index in [4.69, 9.17) is 0 Å². The predicted molar refractivity (Wildman–Crippen MR) is 82.8 cm³/mol. The molecule has 1 saturated carbocycles. The van der Waals surface area contributed by atoms with Crippen LogP contribution in [0.4, 0.5) is 0 Å². The molecule has 110 valence electrons. The zero-order chi connectivity index (χ0) is 13.8. The van der Waals surface area contributed by atoms with E-state index in [2.05, 4.69) is 29.2 Å². The second-order valence-corrected chi connectivity index (χ2v) is 6.58. The Morgan fingerprint density at radius 2 is 1.55 bits per heavy atom. The molecule has 2 fully saturated rings. The lowest BCUT2D eigenvalue weighted by Crippen LogP contribution is -2.29. The molecule has 0 radical (unpaired) electrons. The molecule has 2 aliphatic rings. The minimum atomic E-state index is -0.0513. The molecule has 1 aromatic rings. The SMILES string of the molecule is OC1CCC(c2ccc(CN3CCCCC3)cc2)CC1. The Balaban J connectivity index is 1.56.